The van der Waals surface area contributed by atoms with Gasteiger partial charge in [0.2, 0.25) is 0 Å². The van der Waals surface area contributed by atoms with Crippen LogP contribution in [0.25, 0.3) is 0 Å². The number of carbonyl (C=O) groups excluding carboxylic acids is 1. The first-order valence-electron chi connectivity index (χ1n) is 5.77. The SMILES string of the molecule is CC.CNC(=O)c1cc(C)cc(C(C)O)c1N. The molecule has 1 aromatic rings. The van der Waals surface area contributed by atoms with Crippen LogP contribution in [0, 0.1) is 6.92 Å². The maximum Gasteiger partial charge on any atom is 0.253 e. The number of aliphatic hydroxyl groups is 1. The van der Waals surface area contributed by atoms with Gasteiger partial charge in [-0.2, -0.15) is 0 Å². The number of nitrogen functional groups attached to an aromatic ring is 1. The predicted molar refractivity (Wildman–Crippen MR) is 71.0 cm³/mol. The molecule has 96 valence electrons. The van der Waals surface area contributed by atoms with E-state index in [9.17, 15) is 9.90 Å². The number of hydrogen-bond donors (Lipinski definition) is 3. The third-order valence-corrected chi connectivity index (χ3v) is 2.28. The lowest BCUT2D eigenvalue weighted by Gasteiger charge is -2.13. The molecule has 1 rings (SSSR count). The second kappa shape index (κ2) is 6.91. The van der Waals surface area contributed by atoms with Crippen molar-refractivity contribution in [2.75, 3.05) is 12.8 Å². The first-order chi connectivity index (χ1) is 7.97. The monoisotopic (exact) mass is 238 g/mol. The molecule has 0 aliphatic heterocycles. The third-order valence-electron chi connectivity index (χ3n) is 2.28. The van der Waals surface area contributed by atoms with Crippen molar-refractivity contribution in [3.05, 3.63) is 28.8 Å². The third kappa shape index (κ3) is 3.75. The van der Waals surface area contributed by atoms with E-state index < -0.39 is 6.10 Å². The van der Waals surface area contributed by atoms with Gasteiger partial charge < -0.3 is 16.2 Å². The van der Waals surface area contributed by atoms with E-state index in [1.807, 2.05) is 20.8 Å². The summed E-state index contributed by atoms with van der Waals surface area (Å²) in [6, 6.07) is 3.49. The van der Waals surface area contributed by atoms with Crippen LogP contribution in [0.15, 0.2) is 12.1 Å². The number of hydrogen-bond acceptors (Lipinski definition) is 3. The van der Waals surface area contributed by atoms with Gasteiger partial charge in [0.15, 0.2) is 0 Å². The van der Waals surface area contributed by atoms with Crippen LogP contribution in [0.4, 0.5) is 5.69 Å². The number of nitrogens with one attached hydrogen (secondary N) is 1. The lowest BCUT2D eigenvalue weighted by molar-refractivity contribution is 0.0963. The first-order valence-corrected chi connectivity index (χ1v) is 5.77. The number of anilines is 1. The smallest absolute Gasteiger partial charge is 0.253 e. The molecule has 0 heterocycles. The Hall–Kier alpha value is -1.55. The van der Waals surface area contributed by atoms with Crippen LogP contribution in [-0.2, 0) is 0 Å². The molecule has 17 heavy (non-hydrogen) atoms. The second-order valence-corrected chi connectivity index (χ2v) is 3.57. The molecule has 0 aromatic heterocycles. The topological polar surface area (TPSA) is 75.3 Å². The second-order valence-electron chi connectivity index (χ2n) is 3.57. The van der Waals surface area contributed by atoms with Gasteiger partial charge in [0.1, 0.15) is 0 Å². The zero-order valence-corrected chi connectivity index (χ0v) is 11.2. The Morgan fingerprint density at radius 3 is 2.35 bits per heavy atom. The number of nitrogens with two attached hydrogens (primary N) is 1. The molecule has 1 amide bonds. The fourth-order valence-electron chi connectivity index (χ4n) is 1.49. The Morgan fingerprint density at radius 1 is 1.41 bits per heavy atom. The van der Waals surface area contributed by atoms with Crippen molar-refractivity contribution < 1.29 is 9.90 Å². The normalized spacial score (nSPS) is 11.2. The number of carbonyl (C=O) groups is 1. The minimum absolute atomic E-state index is 0.238. The summed E-state index contributed by atoms with van der Waals surface area (Å²) in [4.78, 5) is 11.5. The lowest BCUT2D eigenvalue weighted by atomic mass is 10.00. The summed E-state index contributed by atoms with van der Waals surface area (Å²) in [7, 11) is 1.55. The summed E-state index contributed by atoms with van der Waals surface area (Å²) in [5, 5.41) is 12.0. The van der Waals surface area contributed by atoms with Crippen LogP contribution in [0.5, 0.6) is 0 Å². The number of aliphatic hydroxyl groups excluding tert-OH is 1. The molecule has 4 nitrogen and oxygen atoms in total. The van der Waals surface area contributed by atoms with Crippen molar-refractivity contribution in [2.24, 2.45) is 0 Å². The molecule has 0 saturated carbocycles. The quantitative estimate of drug-likeness (QED) is 0.690. The number of benzene rings is 1. The predicted octanol–water partition coefficient (Wildman–Crippen LogP) is 2.02. The Balaban J connectivity index is 0.00000121. The zero-order chi connectivity index (χ0) is 13.6. The van der Waals surface area contributed by atoms with Gasteiger partial charge in [-0.25, -0.2) is 0 Å². The minimum Gasteiger partial charge on any atom is -0.398 e. The van der Waals surface area contributed by atoms with Gasteiger partial charge in [-0.15, -0.1) is 0 Å². The largest absolute Gasteiger partial charge is 0.398 e. The summed E-state index contributed by atoms with van der Waals surface area (Å²) in [5.41, 5.74) is 8.05. The Labute approximate surface area is 103 Å². The highest BCUT2D eigenvalue weighted by molar-refractivity contribution is 5.99. The van der Waals surface area contributed by atoms with Crippen LogP contribution in [0.3, 0.4) is 0 Å². The summed E-state index contributed by atoms with van der Waals surface area (Å²) in [6.07, 6.45) is -0.673. The van der Waals surface area contributed by atoms with E-state index in [-0.39, 0.29) is 5.91 Å². The van der Waals surface area contributed by atoms with Crippen molar-refractivity contribution in [3.8, 4) is 0 Å². The van der Waals surface area contributed by atoms with Gasteiger partial charge in [-0.05, 0) is 25.5 Å². The van der Waals surface area contributed by atoms with E-state index in [1.54, 1.807) is 26.1 Å². The van der Waals surface area contributed by atoms with Crippen LogP contribution in [0.1, 0.15) is 48.4 Å². The molecule has 4 N–H and O–H groups in total. The van der Waals surface area contributed by atoms with Gasteiger partial charge in [0, 0.05) is 12.6 Å². The van der Waals surface area contributed by atoms with Gasteiger partial charge in [0.05, 0.1) is 17.4 Å². The molecular weight excluding hydrogens is 216 g/mol. The summed E-state index contributed by atoms with van der Waals surface area (Å²) in [5.74, 6) is -0.238. The highest BCUT2D eigenvalue weighted by atomic mass is 16.3. The Morgan fingerprint density at radius 2 is 1.94 bits per heavy atom. The van der Waals surface area contributed by atoms with Crippen LogP contribution in [0.2, 0.25) is 0 Å². The molecular formula is C13H22N2O2. The molecule has 0 aliphatic rings. The highest BCUT2D eigenvalue weighted by Gasteiger charge is 2.14. The lowest BCUT2D eigenvalue weighted by Crippen LogP contribution is -2.20. The van der Waals surface area contributed by atoms with Crippen LogP contribution < -0.4 is 11.1 Å². The van der Waals surface area contributed by atoms with Crippen molar-refractivity contribution >= 4 is 11.6 Å². The average molecular weight is 238 g/mol. The van der Waals surface area contributed by atoms with Gasteiger partial charge >= 0.3 is 0 Å². The van der Waals surface area contributed by atoms with E-state index in [4.69, 9.17) is 5.73 Å². The molecule has 0 bridgehead atoms. The molecule has 0 saturated heterocycles. The van der Waals surface area contributed by atoms with Gasteiger partial charge in [-0.1, -0.05) is 19.9 Å². The minimum atomic E-state index is -0.673. The molecule has 0 aliphatic carbocycles. The zero-order valence-electron chi connectivity index (χ0n) is 11.2. The molecule has 4 heteroatoms. The van der Waals surface area contributed by atoms with Crippen LogP contribution >= 0.6 is 0 Å². The number of aryl methyl sites for hydroxylation is 1. The standard InChI is InChI=1S/C11H16N2O2.C2H6/c1-6-4-8(7(2)14)10(12)9(5-6)11(15)13-3;1-2/h4-5,7,14H,12H2,1-3H3,(H,13,15);1-2H3. The number of amides is 1. The molecule has 0 fully saturated rings. The van der Waals surface area contributed by atoms with Gasteiger partial charge in [-0.3, -0.25) is 4.79 Å². The van der Waals surface area contributed by atoms with Crippen LogP contribution in [-0.4, -0.2) is 18.1 Å². The maximum atomic E-state index is 11.5. The molecule has 1 unspecified atom stereocenters. The summed E-state index contributed by atoms with van der Waals surface area (Å²) in [6.45, 7) is 7.48. The van der Waals surface area contributed by atoms with Crippen molar-refractivity contribution in [3.63, 3.8) is 0 Å². The average Bonchev–Trinajstić information content (AvgIpc) is 2.33. The number of rotatable bonds is 2. The van der Waals surface area contributed by atoms with E-state index >= 15 is 0 Å². The fraction of sp³-hybridized carbons (Fsp3) is 0.462. The molecule has 1 aromatic carbocycles. The molecule has 1 atom stereocenters. The van der Waals surface area contributed by atoms with E-state index in [0.717, 1.165) is 5.56 Å². The van der Waals surface area contributed by atoms with E-state index in [2.05, 4.69) is 5.32 Å². The summed E-state index contributed by atoms with van der Waals surface area (Å²) < 4.78 is 0. The van der Waals surface area contributed by atoms with E-state index in [0.29, 0.717) is 16.8 Å². The van der Waals surface area contributed by atoms with E-state index in [1.165, 1.54) is 0 Å². The Kier molecular flexibility index (Phi) is 6.28. The molecule has 0 radical (unpaired) electrons. The Bertz CT molecular complexity index is 387. The van der Waals surface area contributed by atoms with Crippen molar-refractivity contribution in [1.82, 2.24) is 5.32 Å². The maximum absolute atomic E-state index is 11.5. The van der Waals surface area contributed by atoms with Gasteiger partial charge in [0.25, 0.3) is 5.91 Å². The summed E-state index contributed by atoms with van der Waals surface area (Å²) >= 11 is 0. The van der Waals surface area contributed by atoms with Crippen molar-refractivity contribution in [1.29, 1.82) is 0 Å². The molecule has 0 spiro atoms. The first kappa shape index (κ1) is 15.4. The van der Waals surface area contributed by atoms with Crippen molar-refractivity contribution in [2.45, 2.75) is 33.8 Å². The highest BCUT2D eigenvalue weighted by Crippen LogP contribution is 2.25. The fourth-order valence-corrected chi connectivity index (χ4v) is 1.49.